The molecule has 1 saturated heterocycles. The van der Waals surface area contributed by atoms with Crippen molar-refractivity contribution in [1.29, 1.82) is 0 Å². The summed E-state index contributed by atoms with van der Waals surface area (Å²) < 4.78 is 0. The number of hydrogen-bond donors (Lipinski definition) is 0. The third-order valence-corrected chi connectivity index (χ3v) is 4.93. The van der Waals surface area contributed by atoms with Crippen molar-refractivity contribution in [2.24, 2.45) is 17.8 Å². The van der Waals surface area contributed by atoms with Crippen molar-refractivity contribution in [3.05, 3.63) is 12.2 Å². The van der Waals surface area contributed by atoms with Gasteiger partial charge in [0.2, 0.25) is 5.91 Å². The third kappa shape index (κ3) is 2.88. The predicted molar refractivity (Wildman–Crippen MR) is 79.8 cm³/mol. The number of fused-ring (bicyclic) bond motifs is 1. The van der Waals surface area contributed by atoms with Gasteiger partial charge in [0.15, 0.2) is 0 Å². The van der Waals surface area contributed by atoms with Crippen molar-refractivity contribution in [2.75, 3.05) is 0 Å². The minimum absolute atomic E-state index is 0.115. The lowest BCUT2D eigenvalue weighted by atomic mass is 9.73. The Balaban J connectivity index is 2.25. The van der Waals surface area contributed by atoms with Crippen molar-refractivity contribution in [3.8, 4) is 0 Å². The van der Waals surface area contributed by atoms with Crippen LogP contribution >= 0.6 is 0 Å². The monoisotopic (exact) mass is 263 g/mol. The molecule has 0 N–H and O–H groups in total. The first kappa shape index (κ1) is 14.6. The van der Waals surface area contributed by atoms with Gasteiger partial charge in [-0.1, -0.05) is 46.3 Å². The van der Waals surface area contributed by atoms with Crippen LogP contribution in [0.15, 0.2) is 12.2 Å². The zero-order valence-corrected chi connectivity index (χ0v) is 12.9. The molecule has 0 bridgehead atoms. The van der Waals surface area contributed by atoms with Gasteiger partial charge >= 0.3 is 0 Å². The van der Waals surface area contributed by atoms with Gasteiger partial charge in [-0.3, -0.25) is 4.79 Å². The molecule has 2 heteroatoms. The van der Waals surface area contributed by atoms with E-state index in [0.717, 1.165) is 12.3 Å². The smallest absolute Gasteiger partial charge is 0.225 e. The molecule has 1 fully saturated rings. The Morgan fingerprint density at radius 1 is 1.37 bits per heavy atom. The number of rotatable bonds is 3. The summed E-state index contributed by atoms with van der Waals surface area (Å²) in [5, 5.41) is 0. The molecule has 0 aromatic carbocycles. The number of hydrogen-bond acceptors (Lipinski definition) is 1. The fraction of sp³-hybridized carbons (Fsp3) is 0.824. The Hall–Kier alpha value is -0.790. The highest BCUT2D eigenvalue weighted by molar-refractivity contribution is 5.79. The van der Waals surface area contributed by atoms with Crippen molar-refractivity contribution < 1.29 is 4.79 Å². The van der Waals surface area contributed by atoms with Gasteiger partial charge in [-0.05, 0) is 37.5 Å². The second-order valence-corrected chi connectivity index (χ2v) is 6.72. The van der Waals surface area contributed by atoms with Crippen molar-refractivity contribution in [2.45, 2.75) is 71.9 Å². The summed E-state index contributed by atoms with van der Waals surface area (Å²) in [6, 6.07) is 0.833. The fourth-order valence-electron chi connectivity index (χ4n) is 3.85. The number of likely N-dealkylation sites (tertiary alicyclic amines) is 1. The van der Waals surface area contributed by atoms with Crippen LogP contribution in [0.3, 0.4) is 0 Å². The van der Waals surface area contributed by atoms with Crippen molar-refractivity contribution in [1.82, 2.24) is 4.90 Å². The summed E-state index contributed by atoms with van der Waals surface area (Å²) in [5.41, 5.74) is 0. The van der Waals surface area contributed by atoms with Crippen LogP contribution in [0.1, 0.15) is 59.8 Å². The normalized spacial score (nSPS) is 34.5. The molecule has 2 rings (SSSR count). The van der Waals surface area contributed by atoms with Gasteiger partial charge in [0, 0.05) is 12.0 Å². The third-order valence-electron chi connectivity index (χ3n) is 4.93. The maximum absolute atomic E-state index is 12.6. The van der Waals surface area contributed by atoms with Gasteiger partial charge in [0.1, 0.15) is 0 Å². The van der Waals surface area contributed by atoms with E-state index in [4.69, 9.17) is 0 Å². The molecule has 1 aliphatic carbocycles. The summed E-state index contributed by atoms with van der Waals surface area (Å²) in [4.78, 5) is 14.9. The van der Waals surface area contributed by atoms with E-state index in [1.807, 2.05) is 13.8 Å². The Morgan fingerprint density at radius 2 is 2.11 bits per heavy atom. The molecule has 2 aliphatic rings. The SMILES string of the molecule is CCC[C@H]1CCC2C(C)CC=CC2N1C(=O)C(C)C. The van der Waals surface area contributed by atoms with Crippen LogP contribution < -0.4 is 0 Å². The van der Waals surface area contributed by atoms with E-state index in [9.17, 15) is 4.79 Å². The summed E-state index contributed by atoms with van der Waals surface area (Å²) >= 11 is 0. The molecular formula is C17H29NO. The summed E-state index contributed by atoms with van der Waals surface area (Å²) in [5.74, 6) is 1.87. The Morgan fingerprint density at radius 3 is 2.74 bits per heavy atom. The molecule has 1 aliphatic heterocycles. The first-order chi connectivity index (χ1) is 9.06. The van der Waals surface area contributed by atoms with Gasteiger partial charge in [0.05, 0.1) is 6.04 Å². The maximum atomic E-state index is 12.6. The summed E-state index contributed by atoms with van der Waals surface area (Å²) in [6.07, 6.45) is 10.6. The Labute approximate surface area is 118 Å². The second kappa shape index (κ2) is 6.11. The van der Waals surface area contributed by atoms with Crippen molar-refractivity contribution >= 4 is 5.91 Å². The summed E-state index contributed by atoms with van der Waals surface area (Å²) in [7, 11) is 0. The van der Waals surface area contributed by atoms with Crippen LogP contribution in [0.25, 0.3) is 0 Å². The molecular weight excluding hydrogens is 234 g/mol. The molecule has 4 atom stereocenters. The molecule has 0 radical (unpaired) electrons. The van der Waals surface area contributed by atoms with Crippen LogP contribution in [0.5, 0.6) is 0 Å². The molecule has 108 valence electrons. The van der Waals surface area contributed by atoms with Gasteiger partial charge in [-0.15, -0.1) is 0 Å². The van der Waals surface area contributed by atoms with Crippen LogP contribution in [0.4, 0.5) is 0 Å². The quantitative estimate of drug-likeness (QED) is 0.704. The van der Waals surface area contributed by atoms with Gasteiger partial charge in [0.25, 0.3) is 0 Å². The van der Waals surface area contributed by atoms with Crippen LogP contribution in [-0.4, -0.2) is 22.9 Å². The van der Waals surface area contributed by atoms with Crippen LogP contribution in [-0.2, 0) is 4.79 Å². The minimum Gasteiger partial charge on any atom is -0.333 e. The lowest BCUT2D eigenvalue weighted by Gasteiger charge is -2.49. The number of nitrogens with zero attached hydrogens (tertiary/aromatic N) is 1. The first-order valence-corrected chi connectivity index (χ1v) is 8.05. The van der Waals surface area contributed by atoms with E-state index in [0.29, 0.717) is 23.9 Å². The minimum atomic E-state index is 0.115. The average molecular weight is 263 g/mol. The van der Waals surface area contributed by atoms with E-state index in [1.54, 1.807) is 0 Å². The van der Waals surface area contributed by atoms with Gasteiger partial charge in [-0.25, -0.2) is 0 Å². The molecule has 0 aromatic rings. The van der Waals surface area contributed by atoms with E-state index in [1.165, 1.54) is 25.7 Å². The standard InChI is InChI=1S/C17H29NO/c1-5-7-14-10-11-15-13(4)8-6-9-16(15)18(14)17(19)12(2)3/h6,9,12-16H,5,7-8,10-11H2,1-4H3/t13?,14-,15?,16?/m0/s1. The number of amides is 1. The Bertz CT molecular complexity index is 347. The molecule has 0 spiro atoms. The highest BCUT2D eigenvalue weighted by Gasteiger charge is 2.41. The average Bonchev–Trinajstić information content (AvgIpc) is 2.38. The summed E-state index contributed by atoms with van der Waals surface area (Å²) in [6.45, 7) is 8.64. The Kier molecular flexibility index (Phi) is 4.70. The van der Waals surface area contributed by atoms with Crippen LogP contribution in [0.2, 0.25) is 0 Å². The van der Waals surface area contributed by atoms with E-state index >= 15 is 0 Å². The second-order valence-electron chi connectivity index (χ2n) is 6.72. The molecule has 19 heavy (non-hydrogen) atoms. The molecule has 1 heterocycles. The lowest BCUT2D eigenvalue weighted by molar-refractivity contribution is -0.143. The van der Waals surface area contributed by atoms with Gasteiger partial charge < -0.3 is 4.90 Å². The van der Waals surface area contributed by atoms with E-state index < -0.39 is 0 Å². The molecule has 2 nitrogen and oxygen atoms in total. The van der Waals surface area contributed by atoms with Crippen LogP contribution in [0, 0.1) is 17.8 Å². The van der Waals surface area contributed by atoms with Gasteiger partial charge in [-0.2, -0.15) is 0 Å². The molecule has 0 saturated carbocycles. The van der Waals surface area contributed by atoms with E-state index in [2.05, 4.69) is 30.9 Å². The largest absolute Gasteiger partial charge is 0.333 e. The maximum Gasteiger partial charge on any atom is 0.225 e. The molecule has 3 unspecified atom stereocenters. The topological polar surface area (TPSA) is 20.3 Å². The number of carbonyl (C=O) groups excluding carboxylic acids is 1. The van der Waals surface area contributed by atoms with Crippen molar-refractivity contribution in [3.63, 3.8) is 0 Å². The molecule has 0 aromatic heterocycles. The zero-order chi connectivity index (χ0) is 14.0. The highest BCUT2D eigenvalue weighted by atomic mass is 16.2. The number of allylic oxidation sites excluding steroid dienone is 1. The zero-order valence-electron chi connectivity index (χ0n) is 12.9. The lowest BCUT2D eigenvalue weighted by Crippen LogP contribution is -2.56. The first-order valence-electron chi connectivity index (χ1n) is 8.05. The number of carbonyl (C=O) groups is 1. The predicted octanol–water partition coefficient (Wildman–Crippen LogP) is 4.01. The highest BCUT2D eigenvalue weighted by Crippen LogP contribution is 2.39. The van der Waals surface area contributed by atoms with E-state index in [-0.39, 0.29) is 5.92 Å². The fourth-order valence-corrected chi connectivity index (χ4v) is 3.85. The number of piperidine rings is 1. The molecule has 1 amide bonds.